The summed E-state index contributed by atoms with van der Waals surface area (Å²) in [5, 5.41) is 24.2. The summed E-state index contributed by atoms with van der Waals surface area (Å²) in [6, 6.07) is 5.17. The molecule has 28 heavy (non-hydrogen) atoms. The maximum absolute atomic E-state index is 12.6. The first-order valence-electron chi connectivity index (χ1n) is 8.37. The second-order valence-corrected chi connectivity index (χ2v) is 7.25. The van der Waals surface area contributed by atoms with Gasteiger partial charge in [0.1, 0.15) is 5.00 Å². The van der Waals surface area contributed by atoms with E-state index in [1.807, 2.05) is 0 Å². The molecule has 9 nitrogen and oxygen atoms in total. The van der Waals surface area contributed by atoms with Gasteiger partial charge in [-0.1, -0.05) is 0 Å². The number of hydrogen-bond donors (Lipinski definition) is 2. The van der Waals surface area contributed by atoms with Crippen molar-refractivity contribution in [1.29, 1.82) is 0 Å². The van der Waals surface area contributed by atoms with Gasteiger partial charge >= 0.3 is 5.97 Å². The second kappa shape index (κ2) is 8.05. The second-order valence-electron chi connectivity index (χ2n) is 6.14. The molecule has 10 heteroatoms. The maximum Gasteiger partial charge on any atom is 0.313 e. The summed E-state index contributed by atoms with van der Waals surface area (Å²) in [7, 11) is 2.62. The number of nitrogens with one attached hydrogen (secondary N) is 1. The zero-order chi connectivity index (χ0) is 20.4. The summed E-state index contributed by atoms with van der Waals surface area (Å²) >= 11 is 1.27. The number of nitrogens with zero attached hydrogens (tertiary/aromatic N) is 1. The Balaban J connectivity index is 1.93. The van der Waals surface area contributed by atoms with Crippen molar-refractivity contribution in [3.63, 3.8) is 0 Å². The average molecular weight is 406 g/mol. The van der Waals surface area contributed by atoms with Crippen LogP contribution in [-0.2, 0) is 20.7 Å². The highest BCUT2D eigenvalue weighted by molar-refractivity contribution is 7.16. The maximum atomic E-state index is 12.6. The Morgan fingerprint density at radius 3 is 2.57 bits per heavy atom. The molecule has 2 unspecified atom stereocenters. The summed E-state index contributed by atoms with van der Waals surface area (Å²) in [6.07, 6.45) is -0.137. The standard InChI is InChI=1S/C18H18N2O7S/c1-26-17(22)11-7-8-12-13(11)14(18(23)27-2)16(28-12)19-15(21)9-3-5-10(6-4-9)20(24)25/h3-6,11,18,23H,7-8H2,1-2H3,(H,19,21). The van der Waals surface area contributed by atoms with Crippen molar-refractivity contribution in [3.05, 3.63) is 55.9 Å². The van der Waals surface area contributed by atoms with E-state index < -0.39 is 29.0 Å². The van der Waals surface area contributed by atoms with E-state index in [0.29, 0.717) is 29.0 Å². The highest BCUT2D eigenvalue weighted by Gasteiger charge is 2.38. The van der Waals surface area contributed by atoms with Crippen LogP contribution in [0.5, 0.6) is 0 Å². The molecule has 2 aromatic rings. The zero-order valence-corrected chi connectivity index (χ0v) is 15.9. The summed E-state index contributed by atoms with van der Waals surface area (Å²) in [5.74, 6) is -1.43. The molecule has 1 heterocycles. The number of nitro groups is 1. The molecule has 0 fully saturated rings. The van der Waals surface area contributed by atoms with Gasteiger partial charge in [0, 0.05) is 35.2 Å². The molecule has 1 aromatic heterocycles. The minimum atomic E-state index is -1.32. The molecule has 0 spiro atoms. The minimum absolute atomic E-state index is 0.122. The molecule has 3 rings (SSSR count). The number of carbonyl (C=O) groups excluding carboxylic acids is 2. The van der Waals surface area contributed by atoms with Crippen molar-refractivity contribution < 1.29 is 29.1 Å². The molecule has 0 saturated heterocycles. The third-order valence-electron chi connectivity index (χ3n) is 4.59. The number of aliphatic hydroxyl groups is 1. The van der Waals surface area contributed by atoms with Gasteiger partial charge in [-0.3, -0.25) is 19.7 Å². The number of nitro benzene ring substituents is 1. The third kappa shape index (κ3) is 3.61. The molecule has 0 aliphatic heterocycles. The summed E-state index contributed by atoms with van der Waals surface area (Å²) in [4.78, 5) is 35.7. The number of amides is 1. The first-order chi connectivity index (χ1) is 13.4. The number of rotatable bonds is 6. The predicted octanol–water partition coefficient (Wildman–Crippen LogP) is 2.75. The summed E-state index contributed by atoms with van der Waals surface area (Å²) < 4.78 is 9.89. The van der Waals surface area contributed by atoms with Gasteiger partial charge in [0.15, 0.2) is 6.29 Å². The fraction of sp³-hybridized carbons (Fsp3) is 0.333. The molecule has 1 aromatic carbocycles. The van der Waals surface area contributed by atoms with Gasteiger partial charge in [0.25, 0.3) is 11.6 Å². The van der Waals surface area contributed by atoms with E-state index in [0.717, 1.165) is 4.88 Å². The van der Waals surface area contributed by atoms with Gasteiger partial charge < -0.3 is 19.9 Å². The Morgan fingerprint density at radius 1 is 1.32 bits per heavy atom. The van der Waals surface area contributed by atoms with Crippen molar-refractivity contribution >= 4 is 33.9 Å². The van der Waals surface area contributed by atoms with Crippen LogP contribution in [0, 0.1) is 10.1 Å². The van der Waals surface area contributed by atoms with E-state index >= 15 is 0 Å². The van der Waals surface area contributed by atoms with E-state index in [9.17, 15) is 24.8 Å². The Hall–Kier alpha value is -2.82. The highest BCUT2D eigenvalue weighted by atomic mass is 32.1. The van der Waals surface area contributed by atoms with Crippen LogP contribution in [0.15, 0.2) is 24.3 Å². The van der Waals surface area contributed by atoms with Crippen molar-refractivity contribution in [3.8, 4) is 0 Å². The average Bonchev–Trinajstić information content (AvgIpc) is 3.25. The van der Waals surface area contributed by atoms with E-state index in [2.05, 4.69) is 5.32 Å². The van der Waals surface area contributed by atoms with Crippen LogP contribution < -0.4 is 5.32 Å². The van der Waals surface area contributed by atoms with E-state index in [4.69, 9.17) is 9.47 Å². The number of anilines is 1. The van der Waals surface area contributed by atoms with E-state index in [1.54, 1.807) is 0 Å². The van der Waals surface area contributed by atoms with E-state index in [1.165, 1.54) is 49.8 Å². The zero-order valence-electron chi connectivity index (χ0n) is 15.1. The van der Waals surface area contributed by atoms with Crippen molar-refractivity contribution in [2.75, 3.05) is 19.5 Å². The monoisotopic (exact) mass is 406 g/mol. The van der Waals surface area contributed by atoms with Crippen molar-refractivity contribution in [2.45, 2.75) is 25.0 Å². The Labute approximate surface area is 164 Å². The molecule has 1 aliphatic carbocycles. The smallest absolute Gasteiger partial charge is 0.313 e. The molecule has 0 radical (unpaired) electrons. The van der Waals surface area contributed by atoms with Crippen LogP contribution in [0.3, 0.4) is 0 Å². The van der Waals surface area contributed by atoms with Crippen molar-refractivity contribution in [1.82, 2.24) is 0 Å². The largest absolute Gasteiger partial charge is 0.469 e. The number of aryl methyl sites for hydroxylation is 1. The number of fused-ring (bicyclic) bond motifs is 1. The van der Waals surface area contributed by atoms with E-state index in [-0.39, 0.29) is 11.3 Å². The summed E-state index contributed by atoms with van der Waals surface area (Å²) in [6.45, 7) is 0. The predicted molar refractivity (Wildman–Crippen MR) is 100 cm³/mol. The van der Waals surface area contributed by atoms with Gasteiger partial charge in [0.2, 0.25) is 0 Å². The van der Waals surface area contributed by atoms with Gasteiger partial charge in [0.05, 0.1) is 18.0 Å². The number of esters is 1. The lowest BCUT2D eigenvalue weighted by molar-refractivity contribution is -0.384. The number of methoxy groups -OCH3 is 2. The van der Waals surface area contributed by atoms with Gasteiger partial charge in [-0.15, -0.1) is 11.3 Å². The number of hydrogen-bond acceptors (Lipinski definition) is 8. The normalized spacial score (nSPS) is 16.3. The fourth-order valence-electron chi connectivity index (χ4n) is 3.24. The Kier molecular flexibility index (Phi) is 5.73. The lowest BCUT2D eigenvalue weighted by atomic mass is 9.99. The van der Waals surface area contributed by atoms with Crippen LogP contribution >= 0.6 is 11.3 Å². The Morgan fingerprint density at radius 2 is 2.00 bits per heavy atom. The van der Waals surface area contributed by atoms with Crippen LogP contribution in [0.25, 0.3) is 0 Å². The lowest BCUT2D eigenvalue weighted by Crippen LogP contribution is -2.17. The number of benzene rings is 1. The highest BCUT2D eigenvalue weighted by Crippen LogP contribution is 2.48. The number of aliphatic hydroxyl groups excluding tert-OH is 1. The molecular formula is C18H18N2O7S. The molecule has 2 atom stereocenters. The number of thiophene rings is 1. The van der Waals surface area contributed by atoms with Crippen LogP contribution in [0.4, 0.5) is 10.7 Å². The summed E-state index contributed by atoms with van der Waals surface area (Å²) in [5.41, 5.74) is 1.07. The van der Waals surface area contributed by atoms with Gasteiger partial charge in [-0.2, -0.15) is 0 Å². The third-order valence-corrected chi connectivity index (χ3v) is 5.79. The first-order valence-corrected chi connectivity index (χ1v) is 9.19. The molecule has 148 valence electrons. The Bertz CT molecular complexity index is 923. The molecule has 2 N–H and O–H groups in total. The number of carbonyl (C=O) groups is 2. The lowest BCUT2D eigenvalue weighted by Gasteiger charge is -2.16. The molecule has 0 saturated carbocycles. The number of non-ortho nitro benzene ring substituents is 1. The van der Waals surface area contributed by atoms with Crippen LogP contribution in [0.2, 0.25) is 0 Å². The SMILES string of the molecule is COC(=O)C1CCc2sc(NC(=O)c3ccc([N+](=O)[O-])cc3)c(C(O)OC)c21. The van der Waals surface area contributed by atoms with Crippen LogP contribution in [0.1, 0.15) is 45.0 Å². The quantitative estimate of drug-likeness (QED) is 0.327. The van der Waals surface area contributed by atoms with Crippen molar-refractivity contribution in [2.24, 2.45) is 0 Å². The molecule has 1 aliphatic rings. The minimum Gasteiger partial charge on any atom is -0.469 e. The topological polar surface area (TPSA) is 128 Å². The first kappa shape index (κ1) is 19.9. The molecule has 0 bridgehead atoms. The molecule has 1 amide bonds. The van der Waals surface area contributed by atoms with Gasteiger partial charge in [-0.05, 0) is 30.5 Å². The fourth-order valence-corrected chi connectivity index (χ4v) is 4.53. The van der Waals surface area contributed by atoms with Gasteiger partial charge in [-0.25, -0.2) is 0 Å². The van der Waals surface area contributed by atoms with Crippen LogP contribution in [-0.4, -0.2) is 36.1 Å². The number of ether oxygens (including phenoxy) is 2. The molecular weight excluding hydrogens is 388 g/mol.